The Morgan fingerprint density at radius 3 is 2.21 bits per heavy atom. The van der Waals surface area contributed by atoms with Crippen LogP contribution in [-0.4, -0.2) is 73.7 Å². The Kier molecular flexibility index (Phi) is 5.32. The summed E-state index contributed by atoms with van der Waals surface area (Å²) in [6.45, 7) is 4.21. The molecule has 192 valence electrons. The summed E-state index contributed by atoms with van der Waals surface area (Å²) in [6, 6.07) is 8.73. The summed E-state index contributed by atoms with van der Waals surface area (Å²) in [4.78, 5) is 18.5. The number of fused-ring (bicyclic) bond motifs is 1. The lowest BCUT2D eigenvalue weighted by atomic mass is 9.74. The van der Waals surface area contributed by atoms with Gasteiger partial charge in [0.1, 0.15) is 17.7 Å². The van der Waals surface area contributed by atoms with Gasteiger partial charge in [0.05, 0.1) is 24.8 Å². The molecule has 0 N–H and O–H groups in total. The van der Waals surface area contributed by atoms with E-state index in [4.69, 9.17) is 14.7 Å². The summed E-state index contributed by atoms with van der Waals surface area (Å²) in [5.41, 5.74) is 4.75. The van der Waals surface area contributed by atoms with E-state index < -0.39 is 0 Å². The summed E-state index contributed by atoms with van der Waals surface area (Å²) in [5.74, 6) is 1.37. The SMILES string of the molecule is Cn1cc(-c2cc3c(N4CCN(c5ncc(C6(c7ccc(F)cc7)COC6)cn5)CC4)ncnn3c2)cn1. The molecule has 0 atom stereocenters. The van der Waals surface area contributed by atoms with E-state index in [-0.39, 0.29) is 11.2 Å². The quantitative estimate of drug-likeness (QED) is 0.356. The van der Waals surface area contributed by atoms with E-state index in [1.54, 1.807) is 11.0 Å². The zero-order valence-electron chi connectivity index (χ0n) is 20.9. The van der Waals surface area contributed by atoms with Crippen molar-refractivity contribution in [2.24, 2.45) is 7.05 Å². The second kappa shape index (κ2) is 8.88. The number of ether oxygens (including phenoxy) is 1. The number of rotatable bonds is 5. The van der Waals surface area contributed by atoms with Crippen LogP contribution >= 0.6 is 0 Å². The molecule has 0 radical (unpaired) electrons. The molecule has 0 spiro atoms. The highest BCUT2D eigenvalue weighted by atomic mass is 19.1. The molecule has 1 aromatic carbocycles. The number of aromatic nitrogens is 7. The molecule has 6 heterocycles. The summed E-state index contributed by atoms with van der Waals surface area (Å²) >= 11 is 0. The van der Waals surface area contributed by atoms with E-state index in [1.807, 2.05) is 54.7 Å². The van der Waals surface area contributed by atoms with Crippen molar-refractivity contribution in [2.45, 2.75) is 5.41 Å². The summed E-state index contributed by atoms with van der Waals surface area (Å²) in [6.07, 6.45) is 11.2. The second-order valence-corrected chi connectivity index (χ2v) is 9.87. The first kappa shape index (κ1) is 22.8. The second-order valence-electron chi connectivity index (χ2n) is 9.87. The van der Waals surface area contributed by atoms with Crippen LogP contribution in [0.3, 0.4) is 0 Å². The molecule has 2 fully saturated rings. The van der Waals surface area contributed by atoms with E-state index in [0.29, 0.717) is 19.2 Å². The van der Waals surface area contributed by atoms with Gasteiger partial charge in [-0.2, -0.15) is 10.2 Å². The van der Waals surface area contributed by atoms with E-state index in [0.717, 1.165) is 59.8 Å². The van der Waals surface area contributed by atoms with Crippen LogP contribution < -0.4 is 9.80 Å². The number of benzene rings is 1. The van der Waals surface area contributed by atoms with Crippen LogP contribution in [0, 0.1) is 5.82 Å². The molecule has 0 unspecified atom stereocenters. The Bertz CT molecular complexity index is 1580. The molecule has 0 aliphatic carbocycles. The fourth-order valence-corrected chi connectivity index (χ4v) is 5.31. The monoisotopic (exact) mass is 511 g/mol. The van der Waals surface area contributed by atoms with Gasteiger partial charge < -0.3 is 14.5 Å². The maximum absolute atomic E-state index is 13.5. The van der Waals surface area contributed by atoms with Crippen LogP contribution in [0.15, 0.2) is 67.6 Å². The molecular weight excluding hydrogens is 485 g/mol. The normalized spacial score (nSPS) is 17.1. The Hall–Kier alpha value is -4.38. The van der Waals surface area contributed by atoms with Gasteiger partial charge in [0.15, 0.2) is 5.82 Å². The van der Waals surface area contributed by atoms with Crippen molar-refractivity contribution < 1.29 is 9.13 Å². The van der Waals surface area contributed by atoms with Crippen molar-refractivity contribution in [3.63, 3.8) is 0 Å². The molecule has 5 aromatic rings. The number of nitrogens with zero attached hydrogens (tertiary/aromatic N) is 9. The third kappa shape index (κ3) is 3.77. The fraction of sp³-hybridized carbons (Fsp3) is 0.296. The maximum Gasteiger partial charge on any atom is 0.225 e. The minimum Gasteiger partial charge on any atom is -0.379 e. The lowest BCUT2D eigenvalue weighted by Gasteiger charge is -2.42. The zero-order chi connectivity index (χ0) is 25.7. The number of hydrogen-bond donors (Lipinski definition) is 0. The van der Waals surface area contributed by atoms with Crippen LogP contribution in [0.1, 0.15) is 11.1 Å². The van der Waals surface area contributed by atoms with Crippen molar-refractivity contribution in [2.75, 3.05) is 49.2 Å². The van der Waals surface area contributed by atoms with Crippen LogP contribution in [-0.2, 0) is 17.2 Å². The van der Waals surface area contributed by atoms with Gasteiger partial charge in [0.2, 0.25) is 5.95 Å². The molecule has 10 nitrogen and oxygen atoms in total. The Balaban J connectivity index is 1.07. The van der Waals surface area contributed by atoms with Crippen LogP contribution in [0.2, 0.25) is 0 Å². The van der Waals surface area contributed by atoms with E-state index in [1.165, 1.54) is 12.1 Å². The maximum atomic E-state index is 13.5. The zero-order valence-corrected chi connectivity index (χ0v) is 20.9. The first-order valence-electron chi connectivity index (χ1n) is 12.6. The van der Waals surface area contributed by atoms with Crippen LogP contribution in [0.5, 0.6) is 0 Å². The van der Waals surface area contributed by atoms with Gasteiger partial charge in [-0.3, -0.25) is 4.68 Å². The van der Waals surface area contributed by atoms with E-state index in [9.17, 15) is 4.39 Å². The molecule has 2 saturated heterocycles. The minimum absolute atomic E-state index is 0.247. The van der Waals surface area contributed by atoms with Crippen LogP contribution in [0.4, 0.5) is 16.2 Å². The van der Waals surface area contributed by atoms with Crippen molar-refractivity contribution in [3.05, 3.63) is 84.6 Å². The van der Waals surface area contributed by atoms with Crippen LogP contribution in [0.25, 0.3) is 16.6 Å². The highest BCUT2D eigenvalue weighted by Crippen LogP contribution is 2.39. The van der Waals surface area contributed by atoms with E-state index >= 15 is 0 Å². The molecule has 0 bridgehead atoms. The van der Waals surface area contributed by atoms with Gasteiger partial charge in [-0.05, 0) is 23.8 Å². The average molecular weight is 512 g/mol. The number of anilines is 2. The minimum atomic E-state index is -0.324. The summed E-state index contributed by atoms with van der Waals surface area (Å²) in [5, 5.41) is 8.69. The Morgan fingerprint density at radius 2 is 1.55 bits per heavy atom. The molecule has 11 heteroatoms. The third-order valence-corrected chi connectivity index (χ3v) is 7.57. The molecule has 2 aliphatic rings. The molecule has 38 heavy (non-hydrogen) atoms. The predicted octanol–water partition coefficient (Wildman–Crippen LogP) is 2.70. The first-order valence-corrected chi connectivity index (χ1v) is 12.6. The number of aryl methyl sites for hydroxylation is 1. The lowest BCUT2D eigenvalue weighted by Crippen LogP contribution is -2.48. The van der Waals surface area contributed by atoms with Crippen molar-refractivity contribution in [1.29, 1.82) is 0 Å². The highest BCUT2D eigenvalue weighted by molar-refractivity contribution is 5.77. The standard InChI is InChI=1S/C27H26FN9O/c1-34-14-20(11-32-34)19-10-24-25(31-18-33-37(24)15-19)35-6-8-36(9-7-35)26-29-12-22(13-30-26)27(16-38-17-27)21-2-4-23(28)5-3-21/h2-5,10-15,18H,6-9,16-17H2,1H3. The smallest absolute Gasteiger partial charge is 0.225 e. The van der Waals surface area contributed by atoms with Gasteiger partial charge in [-0.1, -0.05) is 12.1 Å². The molecule has 0 saturated carbocycles. The van der Waals surface area contributed by atoms with E-state index in [2.05, 4.69) is 31.0 Å². The predicted molar refractivity (Wildman–Crippen MR) is 140 cm³/mol. The lowest BCUT2D eigenvalue weighted by molar-refractivity contribution is -0.0383. The molecule has 2 aliphatic heterocycles. The van der Waals surface area contributed by atoms with Crippen molar-refractivity contribution >= 4 is 17.3 Å². The highest BCUT2D eigenvalue weighted by Gasteiger charge is 2.42. The topological polar surface area (TPSA) is 89.5 Å². The Morgan fingerprint density at radius 1 is 0.816 bits per heavy atom. The summed E-state index contributed by atoms with van der Waals surface area (Å²) < 4.78 is 22.7. The summed E-state index contributed by atoms with van der Waals surface area (Å²) in [7, 11) is 1.91. The molecule has 4 aromatic heterocycles. The molecule has 0 amide bonds. The molecule has 7 rings (SSSR count). The average Bonchev–Trinajstić information content (AvgIpc) is 3.56. The number of piperazine rings is 1. The molecular formula is C27H26FN9O. The largest absolute Gasteiger partial charge is 0.379 e. The van der Waals surface area contributed by atoms with Crippen molar-refractivity contribution in [3.8, 4) is 11.1 Å². The van der Waals surface area contributed by atoms with Gasteiger partial charge in [0, 0.05) is 74.7 Å². The van der Waals surface area contributed by atoms with Gasteiger partial charge in [-0.15, -0.1) is 0 Å². The Labute approximate surface area is 218 Å². The van der Waals surface area contributed by atoms with Crippen molar-refractivity contribution in [1.82, 2.24) is 34.3 Å². The van der Waals surface area contributed by atoms with Gasteiger partial charge in [-0.25, -0.2) is 23.9 Å². The van der Waals surface area contributed by atoms with Gasteiger partial charge >= 0.3 is 0 Å². The number of hydrogen-bond acceptors (Lipinski definition) is 8. The first-order chi connectivity index (χ1) is 18.6. The number of halogens is 1. The van der Waals surface area contributed by atoms with Gasteiger partial charge in [0.25, 0.3) is 0 Å². The third-order valence-electron chi connectivity index (χ3n) is 7.57. The fourth-order valence-electron chi connectivity index (χ4n) is 5.31.